The van der Waals surface area contributed by atoms with Gasteiger partial charge in [0.25, 0.3) is 0 Å². The molecule has 66 valence electrons. The Hall–Kier alpha value is -1.25. The van der Waals surface area contributed by atoms with Gasteiger partial charge in [-0.25, -0.2) is 4.39 Å². The molecule has 2 nitrogen and oxygen atoms in total. The number of halogens is 1. The predicted molar refractivity (Wildman–Crippen MR) is 46.8 cm³/mol. The van der Waals surface area contributed by atoms with Crippen molar-refractivity contribution in [2.24, 2.45) is 0 Å². The molecule has 2 N–H and O–H groups in total. The molecule has 0 heterocycles. The van der Waals surface area contributed by atoms with E-state index in [1.54, 1.807) is 19.9 Å². The predicted octanol–water partition coefficient (Wildman–Crippen LogP) is 2.03. The summed E-state index contributed by atoms with van der Waals surface area (Å²) in [5.74, 6) is -0.0864. The van der Waals surface area contributed by atoms with E-state index < -0.39 is 0 Å². The fourth-order valence-electron chi connectivity index (χ4n) is 1.13. The zero-order valence-electron chi connectivity index (χ0n) is 7.44. The fourth-order valence-corrected chi connectivity index (χ4v) is 1.13. The van der Waals surface area contributed by atoms with E-state index in [9.17, 15) is 4.39 Å². The molecule has 1 rings (SSSR count). The number of rotatable bonds is 1. The molecule has 0 radical (unpaired) electrons. The standard InChI is InChI=1S/C9H12FNO/c1-5-4-7(11)6(2)8(10)9(5)12-3/h4H,11H2,1-3H3. The van der Waals surface area contributed by atoms with Crippen LogP contribution in [0.25, 0.3) is 0 Å². The van der Waals surface area contributed by atoms with Gasteiger partial charge in [-0.3, -0.25) is 0 Å². The molecule has 0 atom stereocenters. The third-order valence-corrected chi connectivity index (χ3v) is 1.90. The molecule has 0 fully saturated rings. The number of anilines is 1. The maximum absolute atomic E-state index is 13.3. The Bertz CT molecular complexity index is 310. The monoisotopic (exact) mass is 169 g/mol. The average molecular weight is 169 g/mol. The molecule has 3 heteroatoms. The van der Waals surface area contributed by atoms with E-state index in [1.165, 1.54) is 7.11 Å². The molecule has 0 aromatic heterocycles. The van der Waals surface area contributed by atoms with Crippen molar-refractivity contribution in [3.63, 3.8) is 0 Å². The molecule has 0 aliphatic rings. The van der Waals surface area contributed by atoms with Gasteiger partial charge >= 0.3 is 0 Å². The van der Waals surface area contributed by atoms with Gasteiger partial charge in [0.2, 0.25) is 0 Å². The lowest BCUT2D eigenvalue weighted by Gasteiger charge is -2.09. The van der Waals surface area contributed by atoms with E-state index in [-0.39, 0.29) is 11.6 Å². The average Bonchev–Trinajstić information content (AvgIpc) is 2.01. The molecule has 0 amide bonds. The van der Waals surface area contributed by atoms with Crippen LogP contribution in [0.1, 0.15) is 11.1 Å². The summed E-state index contributed by atoms with van der Waals surface area (Å²) in [6.45, 7) is 3.39. The quantitative estimate of drug-likeness (QED) is 0.653. The summed E-state index contributed by atoms with van der Waals surface area (Å²) in [6.07, 6.45) is 0. The van der Waals surface area contributed by atoms with Gasteiger partial charge in [0.05, 0.1) is 7.11 Å². The number of aryl methyl sites for hydroxylation is 1. The maximum Gasteiger partial charge on any atom is 0.170 e. The van der Waals surface area contributed by atoms with Gasteiger partial charge in [-0.1, -0.05) is 0 Å². The second kappa shape index (κ2) is 3.01. The van der Waals surface area contributed by atoms with Crippen molar-refractivity contribution < 1.29 is 9.13 Å². The van der Waals surface area contributed by atoms with Gasteiger partial charge in [-0.05, 0) is 25.5 Å². The number of methoxy groups -OCH3 is 1. The van der Waals surface area contributed by atoms with Crippen LogP contribution in [0.2, 0.25) is 0 Å². The first kappa shape index (κ1) is 8.84. The van der Waals surface area contributed by atoms with Crippen molar-refractivity contribution in [3.8, 4) is 5.75 Å². The van der Waals surface area contributed by atoms with Crippen molar-refractivity contribution in [1.29, 1.82) is 0 Å². The summed E-state index contributed by atoms with van der Waals surface area (Å²) in [5.41, 5.74) is 7.18. The maximum atomic E-state index is 13.3. The molecule has 1 aromatic carbocycles. The number of benzene rings is 1. The van der Waals surface area contributed by atoms with Crippen LogP contribution >= 0.6 is 0 Å². The number of nitrogen functional groups attached to an aromatic ring is 1. The first-order chi connectivity index (χ1) is 5.57. The highest BCUT2D eigenvalue weighted by Gasteiger charge is 2.11. The molecule has 0 saturated carbocycles. The Morgan fingerprint density at radius 3 is 2.50 bits per heavy atom. The topological polar surface area (TPSA) is 35.2 Å². The Labute approximate surface area is 71.1 Å². The van der Waals surface area contributed by atoms with E-state index in [0.717, 1.165) is 5.56 Å². The van der Waals surface area contributed by atoms with E-state index in [0.29, 0.717) is 11.3 Å². The molecule has 0 aliphatic heterocycles. The molecular formula is C9H12FNO. The number of nitrogens with two attached hydrogens (primary N) is 1. The summed E-state index contributed by atoms with van der Waals surface area (Å²) < 4.78 is 18.2. The number of ether oxygens (including phenoxy) is 1. The molecule has 1 aromatic rings. The molecule has 12 heavy (non-hydrogen) atoms. The van der Waals surface area contributed by atoms with Crippen molar-refractivity contribution in [3.05, 3.63) is 23.0 Å². The Kier molecular flexibility index (Phi) is 2.22. The van der Waals surface area contributed by atoms with Crippen LogP contribution in [0.4, 0.5) is 10.1 Å². The zero-order chi connectivity index (χ0) is 9.30. The Morgan fingerprint density at radius 2 is 2.00 bits per heavy atom. The van der Waals surface area contributed by atoms with Crippen LogP contribution in [-0.2, 0) is 0 Å². The molecule has 0 aliphatic carbocycles. The Morgan fingerprint density at radius 1 is 1.42 bits per heavy atom. The van der Waals surface area contributed by atoms with Crippen LogP contribution in [-0.4, -0.2) is 7.11 Å². The highest BCUT2D eigenvalue weighted by Crippen LogP contribution is 2.28. The van der Waals surface area contributed by atoms with Gasteiger partial charge in [0, 0.05) is 11.3 Å². The Balaban J connectivity index is 3.40. The zero-order valence-corrected chi connectivity index (χ0v) is 7.44. The second-order valence-corrected chi connectivity index (χ2v) is 2.75. The third kappa shape index (κ3) is 1.22. The van der Waals surface area contributed by atoms with E-state index in [4.69, 9.17) is 10.5 Å². The minimum Gasteiger partial charge on any atom is -0.493 e. The third-order valence-electron chi connectivity index (χ3n) is 1.90. The summed E-state index contributed by atoms with van der Waals surface area (Å²) >= 11 is 0. The summed E-state index contributed by atoms with van der Waals surface area (Å²) in [6, 6.07) is 1.71. The summed E-state index contributed by atoms with van der Waals surface area (Å²) in [7, 11) is 1.45. The van der Waals surface area contributed by atoms with Gasteiger partial charge in [0.15, 0.2) is 11.6 Å². The van der Waals surface area contributed by atoms with Crippen molar-refractivity contribution in [2.75, 3.05) is 12.8 Å². The van der Waals surface area contributed by atoms with Crippen molar-refractivity contribution in [1.82, 2.24) is 0 Å². The largest absolute Gasteiger partial charge is 0.493 e. The second-order valence-electron chi connectivity index (χ2n) is 2.75. The van der Waals surface area contributed by atoms with Crippen LogP contribution in [0.3, 0.4) is 0 Å². The minimum absolute atomic E-state index is 0.279. The fraction of sp³-hybridized carbons (Fsp3) is 0.333. The van der Waals surface area contributed by atoms with Crippen molar-refractivity contribution in [2.45, 2.75) is 13.8 Å². The van der Waals surface area contributed by atoms with Gasteiger partial charge < -0.3 is 10.5 Å². The number of hydrogen-bond donors (Lipinski definition) is 1. The number of hydrogen-bond acceptors (Lipinski definition) is 2. The lowest BCUT2D eigenvalue weighted by molar-refractivity contribution is 0.382. The van der Waals surface area contributed by atoms with E-state index in [2.05, 4.69) is 0 Å². The first-order valence-electron chi connectivity index (χ1n) is 3.67. The lowest BCUT2D eigenvalue weighted by Crippen LogP contribution is -1.99. The van der Waals surface area contributed by atoms with Crippen LogP contribution < -0.4 is 10.5 Å². The van der Waals surface area contributed by atoms with Crippen LogP contribution in [0.5, 0.6) is 5.75 Å². The smallest absolute Gasteiger partial charge is 0.170 e. The molecule has 0 unspecified atom stereocenters. The summed E-state index contributed by atoms with van der Waals surface area (Å²) in [5, 5.41) is 0. The SMILES string of the molecule is COc1c(C)cc(N)c(C)c1F. The molecular weight excluding hydrogens is 157 g/mol. The van der Waals surface area contributed by atoms with Gasteiger partial charge in [-0.15, -0.1) is 0 Å². The van der Waals surface area contributed by atoms with E-state index >= 15 is 0 Å². The van der Waals surface area contributed by atoms with Crippen molar-refractivity contribution >= 4 is 5.69 Å². The molecule has 0 spiro atoms. The van der Waals surface area contributed by atoms with Gasteiger partial charge in [-0.2, -0.15) is 0 Å². The van der Waals surface area contributed by atoms with E-state index in [1.807, 2.05) is 0 Å². The normalized spacial score (nSPS) is 10.0. The highest BCUT2D eigenvalue weighted by atomic mass is 19.1. The summed E-state index contributed by atoms with van der Waals surface area (Å²) in [4.78, 5) is 0. The molecule has 0 saturated heterocycles. The first-order valence-corrected chi connectivity index (χ1v) is 3.67. The van der Waals surface area contributed by atoms with Gasteiger partial charge in [0.1, 0.15) is 0 Å². The van der Waals surface area contributed by atoms with Crippen LogP contribution in [0, 0.1) is 19.7 Å². The lowest BCUT2D eigenvalue weighted by atomic mass is 10.1. The minimum atomic E-state index is -0.366. The molecule has 0 bridgehead atoms. The highest BCUT2D eigenvalue weighted by molar-refractivity contribution is 5.54. The van der Waals surface area contributed by atoms with Crippen LogP contribution in [0.15, 0.2) is 6.07 Å².